The summed E-state index contributed by atoms with van der Waals surface area (Å²) in [7, 11) is 0. The number of thiazole rings is 1. The fourth-order valence-electron chi connectivity index (χ4n) is 2.60. The molecule has 1 fully saturated rings. The van der Waals surface area contributed by atoms with Gasteiger partial charge in [-0.05, 0) is 53.4 Å². The summed E-state index contributed by atoms with van der Waals surface area (Å²) in [4.78, 5) is 27.8. The molecule has 2 amide bonds. The van der Waals surface area contributed by atoms with Crippen molar-refractivity contribution in [3.63, 3.8) is 0 Å². The molecule has 1 saturated carbocycles. The number of hydrogen-bond acceptors (Lipinski definition) is 6. The lowest BCUT2D eigenvalue weighted by molar-refractivity contribution is 0.0468. The van der Waals surface area contributed by atoms with E-state index in [0.717, 1.165) is 30.7 Å². The minimum atomic E-state index is -0.518. The van der Waals surface area contributed by atoms with Crippen LogP contribution in [0.2, 0.25) is 0 Å². The van der Waals surface area contributed by atoms with Gasteiger partial charge in [-0.2, -0.15) is 0 Å². The van der Waals surface area contributed by atoms with Crippen molar-refractivity contribution in [2.24, 2.45) is 5.73 Å². The SMILES string of the molecule is Cc1nc(O[C@H]2CC[C@H](NC(=O)OC(C)(C)C)CC2)c(C(N)=O)s1. The van der Waals surface area contributed by atoms with Crippen molar-refractivity contribution in [1.29, 1.82) is 0 Å². The van der Waals surface area contributed by atoms with E-state index in [4.69, 9.17) is 15.2 Å². The number of amides is 2. The molecule has 24 heavy (non-hydrogen) atoms. The fraction of sp³-hybridized carbons (Fsp3) is 0.688. The zero-order valence-electron chi connectivity index (χ0n) is 14.5. The third-order valence-corrected chi connectivity index (χ3v) is 4.57. The number of alkyl carbamates (subject to hydrolysis) is 1. The summed E-state index contributed by atoms with van der Waals surface area (Å²) in [5.41, 5.74) is 4.85. The van der Waals surface area contributed by atoms with Gasteiger partial charge in [0.15, 0.2) is 4.88 Å². The largest absolute Gasteiger partial charge is 0.473 e. The van der Waals surface area contributed by atoms with E-state index >= 15 is 0 Å². The number of ether oxygens (including phenoxy) is 2. The number of carbonyl (C=O) groups excluding carboxylic acids is 2. The summed E-state index contributed by atoms with van der Waals surface area (Å²) in [6.45, 7) is 7.32. The Morgan fingerprint density at radius 1 is 1.25 bits per heavy atom. The predicted octanol–water partition coefficient (Wildman–Crippen LogP) is 2.77. The van der Waals surface area contributed by atoms with Crippen molar-refractivity contribution >= 4 is 23.3 Å². The smallest absolute Gasteiger partial charge is 0.407 e. The summed E-state index contributed by atoms with van der Waals surface area (Å²) in [5, 5.41) is 3.64. The monoisotopic (exact) mass is 355 g/mol. The number of nitrogens with two attached hydrogens (primary N) is 1. The molecule has 0 radical (unpaired) electrons. The highest BCUT2D eigenvalue weighted by molar-refractivity contribution is 7.13. The molecule has 1 aromatic heterocycles. The van der Waals surface area contributed by atoms with Gasteiger partial charge in [0.2, 0.25) is 5.88 Å². The molecule has 2 rings (SSSR count). The molecule has 3 N–H and O–H groups in total. The Morgan fingerprint density at radius 2 is 1.88 bits per heavy atom. The van der Waals surface area contributed by atoms with Crippen LogP contribution >= 0.6 is 11.3 Å². The van der Waals surface area contributed by atoms with Gasteiger partial charge in [0.05, 0.1) is 5.01 Å². The van der Waals surface area contributed by atoms with E-state index in [1.807, 2.05) is 27.7 Å². The molecule has 8 heteroatoms. The molecule has 1 aliphatic carbocycles. The highest BCUT2D eigenvalue weighted by Gasteiger charge is 2.27. The minimum Gasteiger partial charge on any atom is -0.473 e. The molecule has 0 spiro atoms. The summed E-state index contributed by atoms with van der Waals surface area (Å²) >= 11 is 1.24. The van der Waals surface area contributed by atoms with Crippen LogP contribution in [-0.2, 0) is 4.74 Å². The summed E-state index contributed by atoms with van der Waals surface area (Å²) in [6.07, 6.45) is 2.71. The molecule has 1 aliphatic rings. The van der Waals surface area contributed by atoms with Crippen LogP contribution in [-0.4, -0.2) is 34.7 Å². The Kier molecular flexibility index (Phi) is 5.69. The normalized spacial score (nSPS) is 21.2. The van der Waals surface area contributed by atoms with Crippen LogP contribution in [0.1, 0.15) is 61.1 Å². The molecular weight excluding hydrogens is 330 g/mol. The van der Waals surface area contributed by atoms with Crippen LogP contribution < -0.4 is 15.8 Å². The Hall–Kier alpha value is -1.83. The number of rotatable bonds is 4. The van der Waals surface area contributed by atoms with Crippen molar-refractivity contribution in [2.75, 3.05) is 0 Å². The fourth-order valence-corrected chi connectivity index (χ4v) is 3.31. The molecule has 0 saturated heterocycles. The van der Waals surface area contributed by atoms with E-state index in [2.05, 4.69) is 10.3 Å². The number of aromatic nitrogens is 1. The third-order valence-electron chi connectivity index (χ3n) is 3.60. The highest BCUT2D eigenvalue weighted by Crippen LogP contribution is 2.29. The van der Waals surface area contributed by atoms with Gasteiger partial charge in [0.25, 0.3) is 5.91 Å². The molecule has 134 valence electrons. The van der Waals surface area contributed by atoms with Gasteiger partial charge in [-0.3, -0.25) is 4.79 Å². The number of aryl methyl sites for hydroxylation is 1. The Bertz CT molecular complexity index is 601. The maximum absolute atomic E-state index is 11.8. The van der Waals surface area contributed by atoms with Gasteiger partial charge >= 0.3 is 6.09 Å². The number of carbonyl (C=O) groups is 2. The van der Waals surface area contributed by atoms with Crippen molar-refractivity contribution in [3.8, 4) is 5.88 Å². The van der Waals surface area contributed by atoms with Crippen molar-refractivity contribution in [1.82, 2.24) is 10.3 Å². The first-order chi connectivity index (χ1) is 11.1. The van der Waals surface area contributed by atoms with E-state index in [9.17, 15) is 9.59 Å². The summed E-state index contributed by atoms with van der Waals surface area (Å²) in [5.74, 6) is -0.190. The van der Waals surface area contributed by atoms with Crippen molar-refractivity contribution in [3.05, 3.63) is 9.88 Å². The minimum absolute atomic E-state index is 0.0266. The van der Waals surface area contributed by atoms with Crippen LogP contribution in [0.4, 0.5) is 4.79 Å². The first kappa shape index (κ1) is 18.5. The number of nitrogens with zero attached hydrogens (tertiary/aromatic N) is 1. The van der Waals surface area contributed by atoms with Gasteiger partial charge < -0.3 is 20.5 Å². The van der Waals surface area contributed by atoms with Crippen LogP contribution in [0.3, 0.4) is 0 Å². The number of hydrogen-bond donors (Lipinski definition) is 2. The third kappa shape index (κ3) is 5.36. The molecular formula is C16H25N3O4S. The van der Waals surface area contributed by atoms with Gasteiger partial charge in [-0.25, -0.2) is 9.78 Å². The van der Waals surface area contributed by atoms with Crippen LogP contribution in [0.15, 0.2) is 0 Å². The lowest BCUT2D eigenvalue weighted by Crippen LogP contribution is -2.42. The molecule has 0 unspecified atom stereocenters. The second kappa shape index (κ2) is 7.38. The van der Waals surface area contributed by atoms with E-state index < -0.39 is 17.6 Å². The second-order valence-electron chi connectivity index (χ2n) is 6.97. The van der Waals surface area contributed by atoms with Crippen molar-refractivity contribution < 1.29 is 19.1 Å². The lowest BCUT2D eigenvalue weighted by atomic mass is 9.93. The van der Waals surface area contributed by atoms with E-state index in [1.54, 1.807) is 0 Å². The van der Waals surface area contributed by atoms with Gasteiger partial charge in [-0.15, -0.1) is 11.3 Å². The van der Waals surface area contributed by atoms with Gasteiger partial charge in [0.1, 0.15) is 11.7 Å². The highest BCUT2D eigenvalue weighted by atomic mass is 32.1. The number of nitrogens with one attached hydrogen (secondary N) is 1. The van der Waals surface area contributed by atoms with E-state index in [1.165, 1.54) is 11.3 Å². The molecule has 1 heterocycles. The lowest BCUT2D eigenvalue weighted by Gasteiger charge is -2.30. The average Bonchev–Trinajstić information content (AvgIpc) is 2.80. The van der Waals surface area contributed by atoms with Crippen LogP contribution in [0.5, 0.6) is 5.88 Å². The van der Waals surface area contributed by atoms with Gasteiger partial charge in [-0.1, -0.05) is 0 Å². The van der Waals surface area contributed by atoms with Crippen LogP contribution in [0, 0.1) is 6.92 Å². The first-order valence-electron chi connectivity index (χ1n) is 8.07. The maximum atomic E-state index is 11.8. The van der Waals surface area contributed by atoms with Crippen molar-refractivity contribution in [2.45, 2.75) is 71.1 Å². The molecule has 0 bridgehead atoms. The molecule has 0 atom stereocenters. The number of primary amides is 1. The average molecular weight is 355 g/mol. The summed E-state index contributed by atoms with van der Waals surface area (Å²) in [6, 6.07) is 0.0764. The zero-order valence-corrected chi connectivity index (χ0v) is 15.4. The predicted molar refractivity (Wildman–Crippen MR) is 91.4 cm³/mol. The first-order valence-corrected chi connectivity index (χ1v) is 8.89. The zero-order chi connectivity index (χ0) is 17.9. The molecule has 0 aromatic carbocycles. The van der Waals surface area contributed by atoms with Gasteiger partial charge in [0, 0.05) is 6.04 Å². The molecule has 1 aromatic rings. The quantitative estimate of drug-likeness (QED) is 0.864. The summed E-state index contributed by atoms with van der Waals surface area (Å²) < 4.78 is 11.1. The van der Waals surface area contributed by atoms with Crippen LogP contribution in [0.25, 0.3) is 0 Å². The standard InChI is InChI=1S/C16H25N3O4S/c1-9-18-14(12(24-9)13(17)20)22-11-7-5-10(6-8-11)19-15(21)23-16(2,3)4/h10-11H,5-8H2,1-4H3,(H2,17,20)(H,19,21)/t10-,11-. The molecule has 7 nitrogen and oxygen atoms in total. The molecule has 0 aliphatic heterocycles. The maximum Gasteiger partial charge on any atom is 0.407 e. The Labute approximate surface area is 145 Å². The second-order valence-corrected chi connectivity index (χ2v) is 8.17. The Balaban J connectivity index is 1.83. The van der Waals surface area contributed by atoms with E-state index in [0.29, 0.717) is 10.8 Å². The Morgan fingerprint density at radius 3 is 2.42 bits per heavy atom. The van der Waals surface area contributed by atoms with E-state index in [-0.39, 0.29) is 12.1 Å². The topological polar surface area (TPSA) is 104 Å².